The average molecular weight is 276 g/mol. The molecule has 1 N–H and O–H groups in total. The molecule has 0 heterocycles. The van der Waals surface area contributed by atoms with Crippen molar-refractivity contribution in [2.24, 2.45) is 0 Å². The van der Waals surface area contributed by atoms with Crippen LogP contribution in [-0.2, 0) is 0 Å². The van der Waals surface area contributed by atoms with Gasteiger partial charge in [0.15, 0.2) is 0 Å². The van der Waals surface area contributed by atoms with Gasteiger partial charge in [0.25, 0.3) is 0 Å². The number of hydrogen-bond acceptors (Lipinski definition) is 2. The monoisotopic (exact) mass is 275 g/mol. The number of rotatable bonds is 5. The summed E-state index contributed by atoms with van der Waals surface area (Å²) in [6, 6.07) is 6.58. The van der Waals surface area contributed by atoms with E-state index >= 15 is 0 Å². The fourth-order valence-corrected chi connectivity index (χ4v) is 2.78. The van der Waals surface area contributed by atoms with E-state index in [1.165, 1.54) is 17.7 Å². The minimum atomic E-state index is 0.554. The molecule has 0 radical (unpaired) electrons. The second-order valence-corrected chi connectivity index (χ2v) is 6.51. The van der Waals surface area contributed by atoms with Gasteiger partial charge in [-0.1, -0.05) is 30.1 Å². The summed E-state index contributed by atoms with van der Waals surface area (Å²) < 4.78 is 0. The van der Waals surface area contributed by atoms with E-state index < -0.39 is 0 Å². The molecule has 2 rings (SSSR count). The van der Waals surface area contributed by atoms with Gasteiger partial charge >= 0.3 is 0 Å². The summed E-state index contributed by atoms with van der Waals surface area (Å²) in [6.07, 6.45) is 2.67. The van der Waals surface area contributed by atoms with Gasteiger partial charge in [-0.15, -0.1) is 11.8 Å². The maximum Gasteiger partial charge on any atom is 0.0603 e. The Morgan fingerprint density at radius 3 is 2.75 bits per heavy atom. The zero-order chi connectivity index (χ0) is 11.5. The van der Waals surface area contributed by atoms with Crippen molar-refractivity contribution in [3.05, 3.63) is 28.2 Å². The lowest BCUT2D eigenvalue weighted by molar-refractivity contribution is 0.679. The highest BCUT2D eigenvalue weighted by molar-refractivity contribution is 8.00. The van der Waals surface area contributed by atoms with Crippen molar-refractivity contribution in [1.82, 2.24) is 5.32 Å². The van der Waals surface area contributed by atoms with E-state index in [1.807, 2.05) is 30.0 Å². The van der Waals surface area contributed by atoms with Crippen LogP contribution in [0.15, 0.2) is 23.1 Å². The summed E-state index contributed by atoms with van der Waals surface area (Å²) in [4.78, 5) is 1.18. The van der Waals surface area contributed by atoms with Gasteiger partial charge in [-0.25, -0.2) is 0 Å². The molecule has 1 aromatic rings. The molecule has 1 atom stereocenters. The average Bonchev–Trinajstić information content (AvgIpc) is 3.04. The molecule has 1 aliphatic carbocycles. The van der Waals surface area contributed by atoms with Crippen molar-refractivity contribution >= 4 is 35.0 Å². The largest absolute Gasteiger partial charge is 0.313 e. The molecule has 0 aliphatic heterocycles. The predicted octanol–water partition coefficient (Wildman–Crippen LogP) is 4.23. The summed E-state index contributed by atoms with van der Waals surface area (Å²) in [5.41, 5.74) is 0. The van der Waals surface area contributed by atoms with Gasteiger partial charge in [-0.2, -0.15) is 0 Å². The SMILES string of the molecule is CC(CNC1CC1)Sc1ccc(Cl)c(Cl)c1. The smallest absolute Gasteiger partial charge is 0.0603 e. The lowest BCUT2D eigenvalue weighted by Crippen LogP contribution is -2.24. The van der Waals surface area contributed by atoms with Crippen LogP contribution in [0.5, 0.6) is 0 Å². The normalized spacial score (nSPS) is 17.4. The minimum absolute atomic E-state index is 0.554. The Morgan fingerprint density at radius 2 is 2.12 bits per heavy atom. The molecule has 1 nitrogen and oxygen atoms in total. The minimum Gasteiger partial charge on any atom is -0.313 e. The molecule has 1 saturated carbocycles. The van der Waals surface area contributed by atoms with E-state index in [0.717, 1.165) is 12.6 Å². The molecule has 1 aromatic carbocycles. The Balaban J connectivity index is 1.84. The van der Waals surface area contributed by atoms with Crippen LogP contribution in [0.3, 0.4) is 0 Å². The highest BCUT2D eigenvalue weighted by Crippen LogP contribution is 2.30. The fourth-order valence-electron chi connectivity index (χ4n) is 1.44. The van der Waals surface area contributed by atoms with Gasteiger partial charge in [-0.05, 0) is 31.0 Å². The Morgan fingerprint density at radius 1 is 1.38 bits per heavy atom. The molecular formula is C12H15Cl2NS. The molecule has 16 heavy (non-hydrogen) atoms. The van der Waals surface area contributed by atoms with Crippen molar-refractivity contribution in [2.45, 2.75) is 36.0 Å². The molecule has 88 valence electrons. The zero-order valence-corrected chi connectivity index (χ0v) is 11.5. The van der Waals surface area contributed by atoms with Crippen LogP contribution < -0.4 is 5.32 Å². The van der Waals surface area contributed by atoms with Crippen LogP contribution in [0.1, 0.15) is 19.8 Å². The van der Waals surface area contributed by atoms with Crippen LogP contribution in [0.2, 0.25) is 10.0 Å². The van der Waals surface area contributed by atoms with Crippen LogP contribution in [-0.4, -0.2) is 17.8 Å². The van der Waals surface area contributed by atoms with Crippen molar-refractivity contribution in [2.75, 3.05) is 6.54 Å². The first-order valence-corrected chi connectivity index (χ1v) is 7.14. The zero-order valence-electron chi connectivity index (χ0n) is 9.17. The second-order valence-electron chi connectivity index (χ2n) is 4.19. The first-order chi connectivity index (χ1) is 7.65. The third-order valence-electron chi connectivity index (χ3n) is 2.50. The number of thioether (sulfide) groups is 1. The Bertz CT molecular complexity index is 366. The predicted molar refractivity (Wildman–Crippen MR) is 72.8 cm³/mol. The van der Waals surface area contributed by atoms with Gasteiger partial charge in [0.2, 0.25) is 0 Å². The van der Waals surface area contributed by atoms with E-state index in [4.69, 9.17) is 23.2 Å². The van der Waals surface area contributed by atoms with Gasteiger partial charge < -0.3 is 5.32 Å². The number of hydrogen-bond donors (Lipinski definition) is 1. The molecule has 1 unspecified atom stereocenters. The maximum atomic E-state index is 5.97. The third-order valence-corrected chi connectivity index (χ3v) is 4.33. The third kappa shape index (κ3) is 3.85. The summed E-state index contributed by atoms with van der Waals surface area (Å²) >= 11 is 13.7. The van der Waals surface area contributed by atoms with Crippen molar-refractivity contribution in [3.8, 4) is 0 Å². The molecule has 4 heteroatoms. The molecule has 0 bridgehead atoms. The molecule has 1 aliphatic rings. The molecular weight excluding hydrogens is 261 g/mol. The summed E-state index contributed by atoms with van der Waals surface area (Å²) in [5, 5.41) is 5.33. The summed E-state index contributed by atoms with van der Waals surface area (Å²) in [6.45, 7) is 3.28. The highest BCUT2D eigenvalue weighted by Gasteiger charge is 2.21. The van der Waals surface area contributed by atoms with E-state index in [0.29, 0.717) is 15.3 Å². The van der Waals surface area contributed by atoms with E-state index in [2.05, 4.69) is 12.2 Å². The van der Waals surface area contributed by atoms with Gasteiger partial charge in [0, 0.05) is 22.7 Å². The Hall–Kier alpha value is 0.110. The van der Waals surface area contributed by atoms with Crippen LogP contribution in [0, 0.1) is 0 Å². The van der Waals surface area contributed by atoms with E-state index in [9.17, 15) is 0 Å². The van der Waals surface area contributed by atoms with Crippen LogP contribution in [0.25, 0.3) is 0 Å². The lowest BCUT2D eigenvalue weighted by Gasteiger charge is -2.12. The van der Waals surface area contributed by atoms with Gasteiger partial charge in [0.05, 0.1) is 10.0 Å². The van der Waals surface area contributed by atoms with Gasteiger partial charge in [-0.3, -0.25) is 0 Å². The van der Waals surface area contributed by atoms with Gasteiger partial charge in [0.1, 0.15) is 0 Å². The summed E-state index contributed by atoms with van der Waals surface area (Å²) in [7, 11) is 0. The van der Waals surface area contributed by atoms with Crippen molar-refractivity contribution in [3.63, 3.8) is 0 Å². The van der Waals surface area contributed by atoms with E-state index in [-0.39, 0.29) is 0 Å². The topological polar surface area (TPSA) is 12.0 Å². The highest BCUT2D eigenvalue weighted by atomic mass is 35.5. The van der Waals surface area contributed by atoms with Crippen molar-refractivity contribution in [1.29, 1.82) is 0 Å². The number of benzene rings is 1. The first kappa shape index (κ1) is 12.6. The Labute approximate surface area is 111 Å². The molecule has 0 aromatic heterocycles. The lowest BCUT2D eigenvalue weighted by atomic mass is 10.4. The van der Waals surface area contributed by atoms with Crippen molar-refractivity contribution < 1.29 is 0 Å². The van der Waals surface area contributed by atoms with Crippen LogP contribution in [0.4, 0.5) is 0 Å². The standard InChI is InChI=1S/C12H15Cl2NS/c1-8(7-15-9-2-3-9)16-10-4-5-11(13)12(14)6-10/h4-6,8-9,15H,2-3,7H2,1H3. The van der Waals surface area contributed by atoms with Crippen LogP contribution >= 0.6 is 35.0 Å². The quantitative estimate of drug-likeness (QED) is 0.808. The molecule has 0 spiro atoms. The summed E-state index contributed by atoms with van der Waals surface area (Å²) in [5.74, 6) is 0. The maximum absolute atomic E-state index is 5.97. The molecule has 0 amide bonds. The van der Waals surface area contributed by atoms with E-state index in [1.54, 1.807) is 0 Å². The number of halogens is 2. The first-order valence-electron chi connectivity index (χ1n) is 5.50. The molecule has 1 fully saturated rings. The Kier molecular flexibility index (Phi) is 4.42. The number of nitrogens with one attached hydrogen (secondary N) is 1. The molecule has 0 saturated heterocycles. The fraction of sp³-hybridized carbons (Fsp3) is 0.500. The second kappa shape index (κ2) is 5.63.